The lowest BCUT2D eigenvalue weighted by molar-refractivity contribution is -0.145. The number of hydrogen-bond donors (Lipinski definition) is 2. The molecular weight excluding hydrogens is 387 g/mol. The van der Waals surface area contributed by atoms with Crippen molar-refractivity contribution in [2.45, 2.75) is 32.0 Å². The first-order valence-electron chi connectivity index (χ1n) is 9.80. The zero-order valence-corrected chi connectivity index (χ0v) is 17.0. The van der Waals surface area contributed by atoms with Crippen LogP contribution in [-0.4, -0.2) is 44.5 Å². The summed E-state index contributed by atoms with van der Waals surface area (Å²) in [5.74, 6) is -0.820. The van der Waals surface area contributed by atoms with Crippen LogP contribution >= 0.6 is 0 Å². The maximum absolute atomic E-state index is 13.4. The molecule has 0 spiro atoms. The second-order valence-electron chi connectivity index (χ2n) is 7.03. The summed E-state index contributed by atoms with van der Waals surface area (Å²) in [5, 5.41) is 21.2. The Balaban J connectivity index is 1.88. The Morgan fingerprint density at radius 1 is 1.27 bits per heavy atom. The van der Waals surface area contributed by atoms with Gasteiger partial charge in [0.1, 0.15) is 11.5 Å². The number of halogens is 1. The third-order valence-electron chi connectivity index (χ3n) is 4.82. The summed E-state index contributed by atoms with van der Waals surface area (Å²) < 4.78 is 20.1. The number of esters is 1. The van der Waals surface area contributed by atoms with E-state index in [-0.39, 0.29) is 25.3 Å². The first kappa shape index (κ1) is 21.7. The molecule has 1 aromatic carbocycles. The van der Waals surface area contributed by atoms with Crippen molar-refractivity contribution in [2.75, 3.05) is 6.61 Å². The van der Waals surface area contributed by atoms with E-state index >= 15 is 0 Å². The van der Waals surface area contributed by atoms with Crippen LogP contribution in [0.25, 0.3) is 28.2 Å². The van der Waals surface area contributed by atoms with E-state index in [0.717, 1.165) is 27.9 Å². The van der Waals surface area contributed by atoms with Gasteiger partial charge in [0.15, 0.2) is 0 Å². The van der Waals surface area contributed by atoms with Crippen molar-refractivity contribution in [2.24, 2.45) is 7.05 Å². The zero-order chi connectivity index (χ0) is 21.7. The van der Waals surface area contributed by atoms with Crippen LogP contribution in [0.15, 0.2) is 48.7 Å². The van der Waals surface area contributed by atoms with Crippen molar-refractivity contribution < 1.29 is 24.1 Å². The van der Waals surface area contributed by atoms with E-state index in [2.05, 4.69) is 4.98 Å². The van der Waals surface area contributed by atoms with Crippen LogP contribution in [0.2, 0.25) is 0 Å². The molecule has 2 atom stereocenters. The molecule has 7 heteroatoms. The number of hydrogen-bond acceptors (Lipinski definition) is 5. The number of aromatic nitrogens is 2. The molecule has 2 N–H and O–H groups in total. The summed E-state index contributed by atoms with van der Waals surface area (Å²) in [5.41, 5.74) is 3.24. The van der Waals surface area contributed by atoms with Gasteiger partial charge in [-0.25, -0.2) is 9.37 Å². The minimum Gasteiger partial charge on any atom is -0.466 e. The van der Waals surface area contributed by atoms with Crippen LogP contribution in [0.3, 0.4) is 0 Å². The summed E-state index contributed by atoms with van der Waals surface area (Å²) in [6.07, 6.45) is 2.89. The van der Waals surface area contributed by atoms with Crippen LogP contribution < -0.4 is 0 Å². The van der Waals surface area contributed by atoms with E-state index in [1.807, 2.05) is 23.7 Å². The normalized spacial score (nSPS) is 13.6. The number of fused-ring (bicyclic) bond motifs is 1. The Morgan fingerprint density at radius 3 is 2.70 bits per heavy atom. The van der Waals surface area contributed by atoms with E-state index in [1.54, 1.807) is 37.4 Å². The van der Waals surface area contributed by atoms with Gasteiger partial charge in [-0.2, -0.15) is 0 Å². The fourth-order valence-electron chi connectivity index (χ4n) is 3.45. The lowest BCUT2D eigenvalue weighted by atomic mass is 10.0. The summed E-state index contributed by atoms with van der Waals surface area (Å²) in [6.45, 7) is 1.94. The molecule has 0 saturated carbocycles. The highest BCUT2D eigenvalue weighted by molar-refractivity contribution is 5.99. The Labute approximate surface area is 174 Å². The SMILES string of the molecule is CCOC(=O)CC(O)CC(O)C=Cc1c(-c2ccc(F)cc2)c2cccnc2n1C. The van der Waals surface area contributed by atoms with Crippen LogP contribution in [0.4, 0.5) is 4.39 Å². The third kappa shape index (κ3) is 4.93. The van der Waals surface area contributed by atoms with Gasteiger partial charge in [0.2, 0.25) is 0 Å². The number of nitrogens with zero attached hydrogens (tertiary/aromatic N) is 2. The molecule has 0 amide bonds. The molecule has 0 saturated heterocycles. The molecule has 3 aromatic rings. The summed E-state index contributed by atoms with van der Waals surface area (Å²) in [4.78, 5) is 15.9. The highest BCUT2D eigenvalue weighted by Gasteiger charge is 2.18. The monoisotopic (exact) mass is 412 g/mol. The molecule has 3 rings (SSSR count). The van der Waals surface area contributed by atoms with Gasteiger partial charge in [0.25, 0.3) is 0 Å². The Morgan fingerprint density at radius 2 is 2.00 bits per heavy atom. The maximum Gasteiger partial charge on any atom is 0.308 e. The van der Waals surface area contributed by atoms with Gasteiger partial charge in [0.05, 0.1) is 30.9 Å². The lowest BCUT2D eigenvalue weighted by Gasteiger charge is -2.12. The highest BCUT2D eigenvalue weighted by Crippen LogP contribution is 2.34. The summed E-state index contributed by atoms with van der Waals surface area (Å²) >= 11 is 0. The third-order valence-corrected chi connectivity index (χ3v) is 4.82. The topological polar surface area (TPSA) is 84.6 Å². The quantitative estimate of drug-likeness (QED) is 0.554. The van der Waals surface area contributed by atoms with Gasteiger partial charge in [-0.3, -0.25) is 4.79 Å². The molecule has 0 aliphatic rings. The smallest absolute Gasteiger partial charge is 0.308 e. The average Bonchev–Trinajstić information content (AvgIpc) is 2.99. The van der Waals surface area contributed by atoms with Gasteiger partial charge < -0.3 is 19.5 Å². The second kappa shape index (κ2) is 9.65. The number of pyridine rings is 1. The van der Waals surface area contributed by atoms with Crippen LogP contribution in [0.5, 0.6) is 0 Å². The van der Waals surface area contributed by atoms with Crippen LogP contribution in [-0.2, 0) is 16.6 Å². The van der Waals surface area contributed by atoms with Crippen molar-refractivity contribution >= 4 is 23.1 Å². The molecule has 0 aliphatic carbocycles. The fourth-order valence-corrected chi connectivity index (χ4v) is 3.45. The predicted molar refractivity (Wildman–Crippen MR) is 113 cm³/mol. The molecule has 0 radical (unpaired) electrons. The molecule has 0 aliphatic heterocycles. The lowest BCUT2D eigenvalue weighted by Crippen LogP contribution is -2.20. The molecule has 0 bridgehead atoms. The second-order valence-corrected chi connectivity index (χ2v) is 7.03. The average molecular weight is 412 g/mol. The van der Waals surface area contributed by atoms with Gasteiger partial charge in [-0.1, -0.05) is 18.2 Å². The summed E-state index contributed by atoms with van der Waals surface area (Å²) in [6, 6.07) is 9.99. The van der Waals surface area contributed by atoms with E-state index in [1.165, 1.54) is 12.1 Å². The van der Waals surface area contributed by atoms with Gasteiger partial charge >= 0.3 is 5.97 Å². The number of aryl methyl sites for hydroxylation is 1. The largest absolute Gasteiger partial charge is 0.466 e. The summed E-state index contributed by atoms with van der Waals surface area (Å²) in [7, 11) is 1.87. The zero-order valence-electron chi connectivity index (χ0n) is 17.0. The molecule has 2 unspecified atom stereocenters. The van der Waals surface area contributed by atoms with Crippen molar-refractivity contribution in [3.8, 4) is 11.1 Å². The van der Waals surface area contributed by atoms with Crippen LogP contribution in [0.1, 0.15) is 25.5 Å². The van der Waals surface area contributed by atoms with Crippen LogP contribution in [0, 0.1) is 5.82 Å². The number of aliphatic hydroxyl groups excluding tert-OH is 2. The number of benzene rings is 1. The van der Waals surface area contributed by atoms with Crippen molar-refractivity contribution in [3.63, 3.8) is 0 Å². The molecule has 6 nitrogen and oxygen atoms in total. The standard InChI is InChI=1S/C23H25FN2O4/c1-3-30-21(29)14-18(28)13-17(27)10-11-20-22(15-6-8-16(24)9-7-15)19-5-4-12-25-23(19)26(20)2/h4-12,17-18,27-28H,3,13-14H2,1-2H3. The fraction of sp³-hybridized carbons (Fsp3) is 0.304. The Bertz CT molecular complexity index is 1040. The molecule has 30 heavy (non-hydrogen) atoms. The first-order valence-corrected chi connectivity index (χ1v) is 9.80. The van der Waals surface area contributed by atoms with Gasteiger partial charge in [-0.15, -0.1) is 0 Å². The number of aliphatic hydroxyl groups is 2. The van der Waals surface area contributed by atoms with E-state index in [4.69, 9.17) is 4.74 Å². The van der Waals surface area contributed by atoms with E-state index in [0.29, 0.717) is 0 Å². The molecule has 2 heterocycles. The molecule has 158 valence electrons. The molecule has 0 fully saturated rings. The minimum atomic E-state index is -1.01. The number of carbonyl (C=O) groups excluding carboxylic acids is 1. The Hall–Kier alpha value is -3.03. The van der Waals surface area contributed by atoms with Crippen molar-refractivity contribution in [1.29, 1.82) is 0 Å². The van der Waals surface area contributed by atoms with Crippen molar-refractivity contribution in [1.82, 2.24) is 9.55 Å². The molecule has 2 aromatic heterocycles. The first-order chi connectivity index (χ1) is 14.4. The van der Waals surface area contributed by atoms with Crippen molar-refractivity contribution in [3.05, 3.63) is 60.2 Å². The van der Waals surface area contributed by atoms with Gasteiger partial charge in [0, 0.05) is 30.6 Å². The van der Waals surface area contributed by atoms with Gasteiger partial charge in [-0.05, 0) is 42.8 Å². The highest BCUT2D eigenvalue weighted by atomic mass is 19.1. The maximum atomic E-state index is 13.4. The minimum absolute atomic E-state index is 0.00336. The molecular formula is C23H25FN2O4. The number of carbonyl (C=O) groups is 1. The number of ether oxygens (including phenoxy) is 1. The Kier molecular flexibility index (Phi) is 6.97. The number of rotatable bonds is 8. The van der Waals surface area contributed by atoms with E-state index in [9.17, 15) is 19.4 Å². The predicted octanol–water partition coefficient (Wildman–Crippen LogP) is 3.46. The van der Waals surface area contributed by atoms with E-state index < -0.39 is 18.2 Å².